The molecule has 2 aliphatic heterocycles. The normalized spacial score (nSPS) is 21.1. The van der Waals surface area contributed by atoms with Crippen LogP contribution in [0.1, 0.15) is 54.4 Å². The van der Waals surface area contributed by atoms with Crippen LogP contribution < -0.4 is 10.6 Å². The molecule has 1 aromatic carbocycles. The van der Waals surface area contributed by atoms with Crippen molar-refractivity contribution < 1.29 is 9.59 Å². The molecule has 3 heterocycles. The first-order chi connectivity index (χ1) is 15.3. The van der Waals surface area contributed by atoms with Crippen LogP contribution >= 0.6 is 15.9 Å². The average Bonchev–Trinajstić information content (AvgIpc) is 3.21. The molecule has 2 aromatic rings. The highest BCUT2D eigenvalue weighted by atomic mass is 79.9. The van der Waals surface area contributed by atoms with Crippen molar-refractivity contribution in [1.82, 2.24) is 15.2 Å². The number of hydrogen-bond donors (Lipinski definition) is 3. The molecular formula is C25H31BrN4O2. The summed E-state index contributed by atoms with van der Waals surface area (Å²) in [6.45, 7) is 11.4. The summed E-state index contributed by atoms with van der Waals surface area (Å²) in [6.07, 6.45) is 3.42. The zero-order chi connectivity index (χ0) is 23.0. The molecule has 7 heteroatoms. The first kappa shape index (κ1) is 23.0. The maximum atomic E-state index is 12.7. The molecule has 2 atom stereocenters. The number of carbonyl (C=O) groups is 2. The maximum Gasteiger partial charge on any atom is 0.256 e. The molecule has 3 N–H and O–H groups in total. The van der Waals surface area contributed by atoms with Gasteiger partial charge in [-0.25, -0.2) is 0 Å². The number of hydrogen-bond acceptors (Lipinski definition) is 4. The Kier molecular flexibility index (Phi) is 6.70. The number of nitrogens with zero attached hydrogens (tertiary/aromatic N) is 1. The summed E-state index contributed by atoms with van der Waals surface area (Å²) in [5, 5.41) is 6.55. The third kappa shape index (κ3) is 4.34. The van der Waals surface area contributed by atoms with Crippen molar-refractivity contribution in [2.24, 2.45) is 5.92 Å². The average molecular weight is 499 g/mol. The fraction of sp³-hybridized carbons (Fsp3) is 0.440. The van der Waals surface area contributed by atoms with E-state index in [2.05, 4.69) is 64.1 Å². The molecule has 1 amide bonds. The van der Waals surface area contributed by atoms with Gasteiger partial charge in [-0.1, -0.05) is 29.8 Å². The number of amides is 1. The number of halogens is 1. The van der Waals surface area contributed by atoms with Crippen molar-refractivity contribution >= 4 is 45.5 Å². The van der Waals surface area contributed by atoms with Gasteiger partial charge >= 0.3 is 0 Å². The van der Waals surface area contributed by atoms with E-state index in [9.17, 15) is 9.59 Å². The molecule has 6 nitrogen and oxygen atoms in total. The van der Waals surface area contributed by atoms with Crippen LogP contribution in [0.5, 0.6) is 0 Å². The number of rotatable bonds is 6. The largest absolute Gasteiger partial charge is 0.359 e. The Hall–Kier alpha value is -2.22. The number of fused-ring (bicyclic) bond motifs is 1. The zero-order valence-corrected chi connectivity index (χ0v) is 20.7. The van der Waals surface area contributed by atoms with E-state index >= 15 is 0 Å². The third-order valence-corrected chi connectivity index (χ3v) is 7.22. The molecule has 0 spiro atoms. The van der Waals surface area contributed by atoms with Gasteiger partial charge in [0.2, 0.25) is 0 Å². The minimum absolute atomic E-state index is 0.0260. The van der Waals surface area contributed by atoms with Crippen LogP contribution in [0.3, 0.4) is 0 Å². The molecule has 0 bridgehead atoms. The molecule has 0 aliphatic carbocycles. The number of piperazine rings is 1. The van der Waals surface area contributed by atoms with Crippen LogP contribution in [0, 0.1) is 19.8 Å². The summed E-state index contributed by atoms with van der Waals surface area (Å²) in [7, 11) is 0. The van der Waals surface area contributed by atoms with E-state index in [0.29, 0.717) is 24.0 Å². The molecule has 1 fully saturated rings. The quantitative estimate of drug-likeness (QED) is 0.406. The summed E-state index contributed by atoms with van der Waals surface area (Å²) < 4.78 is 0.934. The molecule has 0 radical (unpaired) electrons. The van der Waals surface area contributed by atoms with Gasteiger partial charge in [0.15, 0.2) is 0 Å². The Labute approximate surface area is 198 Å². The first-order valence-corrected chi connectivity index (χ1v) is 12.0. The topological polar surface area (TPSA) is 77.2 Å². The van der Waals surface area contributed by atoms with Gasteiger partial charge in [-0.2, -0.15) is 0 Å². The van der Waals surface area contributed by atoms with Crippen LogP contribution in [0.25, 0.3) is 11.6 Å². The predicted molar refractivity (Wildman–Crippen MR) is 133 cm³/mol. The third-order valence-electron chi connectivity index (χ3n) is 6.72. The van der Waals surface area contributed by atoms with Gasteiger partial charge in [-0.15, -0.1) is 0 Å². The van der Waals surface area contributed by atoms with Crippen molar-refractivity contribution in [3.8, 4) is 0 Å². The van der Waals surface area contributed by atoms with Gasteiger partial charge in [0.05, 0.1) is 5.57 Å². The molecule has 2 aliphatic rings. The number of aryl methyl sites for hydroxylation is 1. The van der Waals surface area contributed by atoms with Crippen molar-refractivity contribution in [2.45, 2.75) is 46.2 Å². The molecule has 0 saturated carbocycles. The van der Waals surface area contributed by atoms with Gasteiger partial charge in [0, 0.05) is 65.3 Å². The maximum absolute atomic E-state index is 12.7. The fourth-order valence-corrected chi connectivity index (χ4v) is 5.31. The highest BCUT2D eigenvalue weighted by Crippen LogP contribution is 2.37. The fourth-order valence-electron chi connectivity index (χ4n) is 4.95. The predicted octanol–water partition coefficient (Wildman–Crippen LogP) is 4.45. The monoisotopic (exact) mass is 498 g/mol. The van der Waals surface area contributed by atoms with Crippen LogP contribution in [0.2, 0.25) is 0 Å². The highest BCUT2D eigenvalue weighted by molar-refractivity contribution is 9.10. The van der Waals surface area contributed by atoms with Crippen LogP contribution in [0.15, 0.2) is 22.7 Å². The molecular weight excluding hydrogens is 468 g/mol. The standard InChI is InChI=1S/C25H31BrN4O2/c1-14(2)22-13-30(9-8-27-22)23(7-10-31)24-15(3)21(28-16(24)4)12-19-18-11-17(26)5-6-20(18)29-25(19)32/h5-6,10-12,14,22-23,27-28H,7-9,13H2,1-4H3,(H,29,32). The first-order valence-electron chi connectivity index (χ1n) is 11.2. The summed E-state index contributed by atoms with van der Waals surface area (Å²) in [4.78, 5) is 30.2. The van der Waals surface area contributed by atoms with E-state index in [1.807, 2.05) is 24.3 Å². The molecule has 170 valence electrons. The molecule has 1 aromatic heterocycles. The van der Waals surface area contributed by atoms with E-state index in [1.54, 1.807) is 0 Å². The number of aromatic nitrogens is 1. The van der Waals surface area contributed by atoms with Crippen LogP contribution in [-0.2, 0) is 9.59 Å². The lowest BCUT2D eigenvalue weighted by Gasteiger charge is -2.40. The Morgan fingerprint density at radius 3 is 2.78 bits per heavy atom. The molecule has 2 unspecified atom stereocenters. The number of benzene rings is 1. The second kappa shape index (κ2) is 9.33. The van der Waals surface area contributed by atoms with Gasteiger partial charge in [-0.05, 0) is 55.2 Å². The molecule has 4 rings (SSSR count). The number of aromatic amines is 1. The lowest BCUT2D eigenvalue weighted by atomic mass is 9.94. The summed E-state index contributed by atoms with van der Waals surface area (Å²) in [5.74, 6) is 0.432. The van der Waals surface area contributed by atoms with E-state index < -0.39 is 0 Å². The van der Waals surface area contributed by atoms with E-state index in [4.69, 9.17) is 0 Å². The molecule has 1 saturated heterocycles. The van der Waals surface area contributed by atoms with Crippen molar-refractivity contribution in [1.29, 1.82) is 0 Å². The van der Waals surface area contributed by atoms with Crippen molar-refractivity contribution in [3.63, 3.8) is 0 Å². The van der Waals surface area contributed by atoms with Crippen LogP contribution in [0.4, 0.5) is 5.69 Å². The van der Waals surface area contributed by atoms with Crippen LogP contribution in [-0.4, -0.2) is 47.8 Å². The summed E-state index contributed by atoms with van der Waals surface area (Å²) in [6, 6.07) is 6.24. The SMILES string of the molecule is Cc1[nH]c(C=C2C(=O)Nc3ccc(Br)cc32)c(C)c1C(CC=O)N1CCNC(C(C)C)C1. The molecule has 32 heavy (non-hydrogen) atoms. The number of H-pyrrole nitrogens is 1. The minimum atomic E-state index is -0.0994. The highest BCUT2D eigenvalue weighted by Gasteiger charge is 2.31. The lowest BCUT2D eigenvalue weighted by molar-refractivity contribution is -0.111. The Balaban J connectivity index is 1.71. The lowest BCUT2D eigenvalue weighted by Crippen LogP contribution is -2.53. The van der Waals surface area contributed by atoms with Crippen molar-refractivity contribution in [2.75, 3.05) is 25.0 Å². The van der Waals surface area contributed by atoms with Gasteiger partial charge in [0.25, 0.3) is 5.91 Å². The van der Waals surface area contributed by atoms with Gasteiger partial charge < -0.3 is 20.4 Å². The van der Waals surface area contributed by atoms with E-state index in [0.717, 1.165) is 58.6 Å². The van der Waals surface area contributed by atoms with Crippen molar-refractivity contribution in [3.05, 3.63) is 50.8 Å². The summed E-state index contributed by atoms with van der Waals surface area (Å²) >= 11 is 3.51. The Morgan fingerprint density at radius 1 is 1.28 bits per heavy atom. The van der Waals surface area contributed by atoms with E-state index in [-0.39, 0.29) is 11.9 Å². The number of aldehydes is 1. The smallest absolute Gasteiger partial charge is 0.256 e. The Morgan fingerprint density at radius 2 is 2.06 bits per heavy atom. The number of anilines is 1. The zero-order valence-electron chi connectivity index (χ0n) is 19.1. The second-order valence-corrected chi connectivity index (χ2v) is 10.0. The van der Waals surface area contributed by atoms with Gasteiger partial charge in [-0.3, -0.25) is 9.69 Å². The van der Waals surface area contributed by atoms with Gasteiger partial charge in [0.1, 0.15) is 6.29 Å². The summed E-state index contributed by atoms with van der Waals surface area (Å²) in [5.41, 5.74) is 6.59. The minimum Gasteiger partial charge on any atom is -0.359 e. The van der Waals surface area contributed by atoms with E-state index in [1.165, 1.54) is 5.56 Å². The second-order valence-electron chi connectivity index (χ2n) is 9.12. The number of nitrogens with one attached hydrogen (secondary N) is 3. The number of carbonyl (C=O) groups excluding carboxylic acids is 2. The Bertz CT molecular complexity index is 1070.